The number of primary sulfonamides is 1. The highest BCUT2D eigenvalue weighted by molar-refractivity contribution is 9.18. The Morgan fingerprint density at radius 3 is 2.73 bits per heavy atom. The van der Waals surface area contributed by atoms with E-state index in [4.69, 9.17) is 9.88 Å². The van der Waals surface area contributed by atoms with Gasteiger partial charge in [-0.2, -0.15) is 0 Å². The van der Waals surface area contributed by atoms with E-state index in [0.29, 0.717) is 4.62 Å². The van der Waals surface area contributed by atoms with Crippen LogP contribution in [-0.4, -0.2) is 30.5 Å². The Morgan fingerprint density at radius 1 is 1.53 bits per heavy atom. The Morgan fingerprint density at radius 2 is 2.20 bits per heavy atom. The molecular weight excluding hydrogens is 284 g/mol. The Balaban J connectivity index is 2.21. The van der Waals surface area contributed by atoms with Crippen LogP contribution in [0.15, 0.2) is 17.3 Å². The maximum atomic E-state index is 11.4. The van der Waals surface area contributed by atoms with Gasteiger partial charge in [-0.1, -0.05) is 0 Å². The zero-order valence-electron chi connectivity index (χ0n) is 7.84. The van der Waals surface area contributed by atoms with Crippen molar-refractivity contribution in [2.24, 2.45) is 10.1 Å². The van der Waals surface area contributed by atoms with E-state index in [1.807, 2.05) is 0 Å². The molecule has 0 radical (unpaired) electrons. The molecule has 0 aromatic heterocycles. The fraction of sp³-hybridized carbons (Fsp3) is 0.625. The molecule has 2 rings (SSSR count). The Labute approximate surface area is 96.6 Å². The molecule has 1 aliphatic carbocycles. The van der Waals surface area contributed by atoms with Crippen molar-refractivity contribution in [3.63, 3.8) is 0 Å². The van der Waals surface area contributed by atoms with Gasteiger partial charge >= 0.3 is 0 Å². The summed E-state index contributed by atoms with van der Waals surface area (Å²) in [7, 11) is -3.70. The van der Waals surface area contributed by atoms with Gasteiger partial charge in [-0.25, -0.2) is 13.6 Å². The molecule has 2 atom stereocenters. The Bertz CT molecular complexity index is 414. The zero-order chi connectivity index (χ0) is 11.1. The van der Waals surface area contributed by atoms with E-state index in [1.165, 1.54) is 6.20 Å². The number of hydrogen-bond acceptors (Lipinski definition) is 4. The molecule has 5 nitrogen and oxygen atoms in total. The smallest absolute Gasteiger partial charge is 0.221 e. The lowest BCUT2D eigenvalue weighted by Gasteiger charge is -2.24. The van der Waals surface area contributed by atoms with Crippen molar-refractivity contribution in [1.82, 2.24) is 0 Å². The number of halogens is 1. The van der Waals surface area contributed by atoms with Crippen LogP contribution in [0.4, 0.5) is 0 Å². The zero-order valence-corrected chi connectivity index (χ0v) is 10.2. The summed E-state index contributed by atoms with van der Waals surface area (Å²) < 4.78 is 28.6. The van der Waals surface area contributed by atoms with Crippen LogP contribution in [0.1, 0.15) is 12.8 Å². The van der Waals surface area contributed by atoms with Crippen LogP contribution in [0, 0.1) is 0 Å². The van der Waals surface area contributed by atoms with Crippen molar-refractivity contribution in [3.8, 4) is 0 Å². The molecule has 0 aromatic rings. The van der Waals surface area contributed by atoms with Gasteiger partial charge in [0.25, 0.3) is 0 Å². The quantitative estimate of drug-likeness (QED) is 0.823. The molecule has 1 saturated carbocycles. The predicted octanol–water partition coefficient (Wildman–Crippen LogP) is 0.512. The molecule has 15 heavy (non-hydrogen) atoms. The van der Waals surface area contributed by atoms with Crippen LogP contribution < -0.4 is 5.14 Å². The number of hydrogen-bond donors (Lipinski definition) is 1. The lowest BCUT2D eigenvalue weighted by Crippen LogP contribution is -2.44. The summed E-state index contributed by atoms with van der Waals surface area (Å²) in [5.74, 6) is 0. The van der Waals surface area contributed by atoms with Gasteiger partial charge in [0.15, 0.2) is 5.25 Å². The first-order valence-electron chi connectivity index (χ1n) is 4.55. The van der Waals surface area contributed by atoms with Crippen LogP contribution >= 0.6 is 15.9 Å². The molecule has 1 aliphatic heterocycles. The highest BCUT2D eigenvalue weighted by atomic mass is 79.9. The van der Waals surface area contributed by atoms with E-state index < -0.39 is 21.4 Å². The molecule has 0 saturated heterocycles. The summed E-state index contributed by atoms with van der Waals surface area (Å²) in [6.07, 6.45) is 4.76. The second kappa shape index (κ2) is 3.97. The topological polar surface area (TPSA) is 81.8 Å². The van der Waals surface area contributed by atoms with Crippen molar-refractivity contribution < 1.29 is 13.2 Å². The maximum Gasteiger partial charge on any atom is 0.221 e. The average Bonchev–Trinajstić information content (AvgIpc) is 2.85. The minimum atomic E-state index is -3.70. The van der Waals surface area contributed by atoms with Gasteiger partial charge in [0.1, 0.15) is 10.7 Å². The van der Waals surface area contributed by atoms with Crippen molar-refractivity contribution >= 4 is 30.6 Å². The molecule has 2 unspecified atom stereocenters. The van der Waals surface area contributed by atoms with Crippen LogP contribution in [0.3, 0.4) is 0 Å². The van der Waals surface area contributed by atoms with Crippen LogP contribution in [0.25, 0.3) is 0 Å². The monoisotopic (exact) mass is 294 g/mol. The molecule has 0 bridgehead atoms. The summed E-state index contributed by atoms with van der Waals surface area (Å²) >= 11 is 3.10. The summed E-state index contributed by atoms with van der Waals surface area (Å²) in [6, 6.07) is 0. The molecule has 0 amide bonds. The summed E-state index contributed by atoms with van der Waals surface area (Å²) in [5, 5.41) is 4.22. The lowest BCUT2D eigenvalue weighted by atomic mass is 10.2. The third-order valence-electron chi connectivity index (χ3n) is 2.23. The third-order valence-corrected chi connectivity index (χ3v) is 4.44. The molecule has 7 heteroatoms. The molecular formula is C8H11BrN2O3S. The summed E-state index contributed by atoms with van der Waals surface area (Å²) in [6.45, 7) is 0. The van der Waals surface area contributed by atoms with Crippen molar-refractivity contribution in [1.29, 1.82) is 0 Å². The minimum Gasteiger partial charge on any atom is -0.369 e. The number of nitrogens with zero attached hydrogens (tertiary/aromatic N) is 1. The van der Waals surface area contributed by atoms with E-state index in [0.717, 1.165) is 12.8 Å². The van der Waals surface area contributed by atoms with Gasteiger partial charge in [-0.3, -0.25) is 4.99 Å². The number of aliphatic imine (C=N–C) groups is 1. The Hall–Kier alpha value is -0.240. The Kier molecular flexibility index (Phi) is 2.98. The largest absolute Gasteiger partial charge is 0.369 e. The molecule has 0 spiro atoms. The van der Waals surface area contributed by atoms with E-state index in [-0.39, 0.29) is 6.10 Å². The van der Waals surface area contributed by atoms with Gasteiger partial charge in [0.05, 0.1) is 6.10 Å². The van der Waals surface area contributed by atoms with Crippen molar-refractivity contribution in [3.05, 3.63) is 12.3 Å². The standard InChI is InChI=1S/C8H11BrN2O3S/c9-8-7(15(10,12)13)6(3-4-11-8)14-5-1-2-5/h3-7H,1-2H2,(H2,10,12,13). The number of sulfonamides is 1. The first-order chi connectivity index (χ1) is 6.98. The van der Waals surface area contributed by atoms with Gasteiger partial charge in [-0.15, -0.1) is 0 Å². The highest BCUT2D eigenvalue weighted by Crippen LogP contribution is 2.29. The van der Waals surface area contributed by atoms with Gasteiger partial charge in [-0.05, 0) is 34.8 Å². The number of rotatable bonds is 3. The van der Waals surface area contributed by atoms with E-state index in [2.05, 4.69) is 20.9 Å². The van der Waals surface area contributed by atoms with Crippen LogP contribution in [-0.2, 0) is 14.8 Å². The maximum absolute atomic E-state index is 11.4. The van der Waals surface area contributed by atoms with E-state index in [9.17, 15) is 8.42 Å². The first kappa shape index (κ1) is 11.3. The van der Waals surface area contributed by atoms with E-state index in [1.54, 1.807) is 6.08 Å². The lowest BCUT2D eigenvalue weighted by molar-refractivity contribution is 0.0770. The van der Waals surface area contributed by atoms with E-state index >= 15 is 0 Å². The van der Waals surface area contributed by atoms with Crippen molar-refractivity contribution in [2.75, 3.05) is 0 Å². The van der Waals surface area contributed by atoms with Gasteiger partial charge in [0, 0.05) is 6.20 Å². The van der Waals surface area contributed by atoms with Crippen LogP contribution in [0.5, 0.6) is 0 Å². The fourth-order valence-corrected chi connectivity index (χ4v) is 3.40. The predicted molar refractivity (Wildman–Crippen MR) is 60.3 cm³/mol. The summed E-state index contributed by atoms with van der Waals surface area (Å²) in [5.41, 5.74) is 0. The molecule has 1 fully saturated rings. The normalized spacial score (nSPS) is 31.5. The fourth-order valence-electron chi connectivity index (χ4n) is 1.37. The number of nitrogens with two attached hydrogens (primary N) is 1. The third kappa shape index (κ3) is 2.66. The molecule has 0 aromatic carbocycles. The van der Waals surface area contributed by atoms with Crippen LogP contribution in [0.2, 0.25) is 0 Å². The second-order valence-electron chi connectivity index (χ2n) is 3.60. The molecule has 1 heterocycles. The molecule has 84 valence electrons. The second-order valence-corrected chi connectivity index (χ2v) is 6.10. The van der Waals surface area contributed by atoms with Gasteiger partial charge in [0.2, 0.25) is 10.0 Å². The SMILES string of the molecule is NS(=O)(=O)C1C(Br)=NC=CC1OC1CC1. The molecule has 2 N–H and O–H groups in total. The minimum absolute atomic E-state index is 0.169. The number of ether oxygens (including phenoxy) is 1. The average molecular weight is 295 g/mol. The van der Waals surface area contributed by atoms with Gasteiger partial charge < -0.3 is 4.74 Å². The molecule has 2 aliphatic rings. The first-order valence-corrected chi connectivity index (χ1v) is 6.95. The van der Waals surface area contributed by atoms with Crippen molar-refractivity contribution in [2.45, 2.75) is 30.3 Å². The summed E-state index contributed by atoms with van der Waals surface area (Å²) in [4.78, 5) is 3.87. The highest BCUT2D eigenvalue weighted by Gasteiger charge is 2.38.